The molecular formula is C11H11BrNO3-. The van der Waals surface area contributed by atoms with E-state index in [0.717, 1.165) is 0 Å². The number of nitrogens with one attached hydrogen (secondary N) is 1. The number of carbonyl (C=O) groups is 2. The second-order valence-electron chi connectivity index (χ2n) is 3.28. The Bertz CT molecular complexity index is 418. The topological polar surface area (TPSA) is 69.2 Å². The van der Waals surface area contributed by atoms with Crippen molar-refractivity contribution in [2.75, 3.05) is 5.32 Å². The van der Waals surface area contributed by atoms with E-state index < -0.39 is 5.97 Å². The monoisotopic (exact) mass is 284 g/mol. The molecule has 1 amide bonds. The molecule has 0 aliphatic rings. The van der Waals surface area contributed by atoms with E-state index in [1.165, 1.54) is 12.1 Å². The fourth-order valence-electron chi connectivity index (χ4n) is 1.23. The molecular weight excluding hydrogens is 274 g/mol. The van der Waals surface area contributed by atoms with Gasteiger partial charge in [-0.1, -0.05) is 22.9 Å². The molecule has 0 heterocycles. The lowest BCUT2D eigenvalue weighted by Crippen LogP contribution is -2.24. The van der Waals surface area contributed by atoms with E-state index in [1.54, 1.807) is 6.07 Å². The van der Waals surface area contributed by atoms with E-state index in [1.807, 2.05) is 6.92 Å². The summed E-state index contributed by atoms with van der Waals surface area (Å²) in [5.74, 6) is -1.51. The first-order chi connectivity index (χ1) is 7.54. The van der Waals surface area contributed by atoms with Crippen molar-refractivity contribution in [3.63, 3.8) is 0 Å². The Morgan fingerprint density at radius 2 is 2.12 bits per heavy atom. The van der Waals surface area contributed by atoms with Gasteiger partial charge >= 0.3 is 0 Å². The molecule has 0 saturated carbocycles. The Hall–Kier alpha value is -1.36. The Morgan fingerprint density at radius 1 is 1.44 bits per heavy atom. The number of hydrogen-bond donors (Lipinski definition) is 1. The first kappa shape index (κ1) is 12.7. The van der Waals surface area contributed by atoms with Crippen LogP contribution >= 0.6 is 15.9 Å². The number of halogens is 1. The predicted molar refractivity (Wildman–Crippen MR) is 62.0 cm³/mol. The molecule has 5 heteroatoms. The molecule has 16 heavy (non-hydrogen) atoms. The molecule has 0 bridgehead atoms. The van der Waals surface area contributed by atoms with Gasteiger partial charge in [0.2, 0.25) is 5.91 Å². The number of rotatable bonds is 4. The average molecular weight is 285 g/mol. The van der Waals surface area contributed by atoms with Crippen molar-refractivity contribution in [3.8, 4) is 0 Å². The summed E-state index contributed by atoms with van der Waals surface area (Å²) in [6.07, 6.45) is 1.07. The summed E-state index contributed by atoms with van der Waals surface area (Å²) >= 11 is 3.16. The van der Waals surface area contributed by atoms with Crippen molar-refractivity contribution in [2.45, 2.75) is 19.8 Å². The largest absolute Gasteiger partial charge is 0.545 e. The zero-order valence-corrected chi connectivity index (χ0v) is 10.3. The molecule has 1 rings (SSSR count). The minimum Gasteiger partial charge on any atom is -0.545 e. The van der Waals surface area contributed by atoms with Gasteiger partial charge in [-0.3, -0.25) is 4.79 Å². The number of anilines is 1. The smallest absolute Gasteiger partial charge is 0.224 e. The average Bonchev–Trinajstić information content (AvgIpc) is 2.20. The number of carboxylic acid groups (broad SMARTS) is 1. The van der Waals surface area contributed by atoms with Crippen molar-refractivity contribution in [1.82, 2.24) is 0 Å². The zero-order valence-electron chi connectivity index (χ0n) is 8.75. The Kier molecular flexibility index (Phi) is 4.49. The number of amides is 1. The summed E-state index contributed by atoms with van der Waals surface area (Å²) in [5.41, 5.74) is 0.237. The summed E-state index contributed by atoms with van der Waals surface area (Å²) in [5, 5.41) is 13.4. The van der Waals surface area contributed by atoms with Gasteiger partial charge in [0.05, 0.1) is 5.97 Å². The first-order valence-corrected chi connectivity index (χ1v) is 5.64. The van der Waals surface area contributed by atoms with Gasteiger partial charge in [-0.15, -0.1) is 0 Å². The predicted octanol–water partition coefficient (Wildman–Crippen LogP) is 1.55. The summed E-state index contributed by atoms with van der Waals surface area (Å²) in [4.78, 5) is 22.2. The standard InChI is InChI=1S/C11H12BrNO3/c1-2-3-10(14)13-9-5-4-7(12)6-8(9)11(15)16/h4-6H,2-3H2,1H3,(H,13,14)(H,15,16)/p-1. The molecule has 0 unspecified atom stereocenters. The van der Waals surface area contributed by atoms with E-state index in [9.17, 15) is 14.7 Å². The molecule has 0 aliphatic carbocycles. The Balaban J connectivity index is 2.95. The van der Waals surface area contributed by atoms with Gasteiger partial charge in [-0.05, 0) is 24.6 Å². The lowest BCUT2D eigenvalue weighted by molar-refractivity contribution is -0.254. The molecule has 0 saturated heterocycles. The Morgan fingerprint density at radius 3 is 2.69 bits per heavy atom. The number of benzene rings is 1. The zero-order chi connectivity index (χ0) is 12.1. The van der Waals surface area contributed by atoms with Crippen LogP contribution in [0.2, 0.25) is 0 Å². The van der Waals surface area contributed by atoms with Crippen LogP contribution in [0.25, 0.3) is 0 Å². The van der Waals surface area contributed by atoms with Gasteiger partial charge in [0.1, 0.15) is 0 Å². The minimum atomic E-state index is -1.31. The summed E-state index contributed by atoms with van der Waals surface area (Å²) < 4.78 is 0.625. The highest BCUT2D eigenvalue weighted by Gasteiger charge is 2.07. The van der Waals surface area contributed by atoms with Crippen LogP contribution in [0.15, 0.2) is 22.7 Å². The molecule has 4 nitrogen and oxygen atoms in total. The maximum absolute atomic E-state index is 11.3. The first-order valence-electron chi connectivity index (χ1n) is 4.85. The molecule has 0 radical (unpaired) electrons. The molecule has 1 aromatic carbocycles. The highest BCUT2D eigenvalue weighted by molar-refractivity contribution is 9.10. The van der Waals surface area contributed by atoms with Crippen LogP contribution in [0.4, 0.5) is 5.69 Å². The normalized spacial score (nSPS) is 9.88. The van der Waals surface area contributed by atoms with Gasteiger partial charge in [0, 0.05) is 22.1 Å². The van der Waals surface area contributed by atoms with Gasteiger partial charge in [0.25, 0.3) is 0 Å². The summed E-state index contributed by atoms with van der Waals surface area (Å²) in [7, 11) is 0. The van der Waals surface area contributed by atoms with Crippen LogP contribution in [0.3, 0.4) is 0 Å². The van der Waals surface area contributed by atoms with E-state index in [0.29, 0.717) is 17.3 Å². The van der Waals surface area contributed by atoms with Crippen LogP contribution in [-0.2, 0) is 4.79 Å². The highest BCUT2D eigenvalue weighted by atomic mass is 79.9. The number of carboxylic acids is 1. The van der Waals surface area contributed by atoms with Crippen LogP contribution in [-0.4, -0.2) is 11.9 Å². The number of aromatic carboxylic acids is 1. The molecule has 0 fully saturated rings. The third kappa shape index (κ3) is 3.34. The molecule has 0 spiro atoms. The second-order valence-corrected chi connectivity index (χ2v) is 4.19. The molecule has 86 valence electrons. The van der Waals surface area contributed by atoms with Crippen LogP contribution in [0.1, 0.15) is 30.1 Å². The van der Waals surface area contributed by atoms with Gasteiger partial charge < -0.3 is 15.2 Å². The van der Waals surface area contributed by atoms with Crippen molar-refractivity contribution in [1.29, 1.82) is 0 Å². The number of hydrogen-bond acceptors (Lipinski definition) is 3. The van der Waals surface area contributed by atoms with Crippen molar-refractivity contribution in [2.24, 2.45) is 0 Å². The molecule has 1 aromatic rings. The fraction of sp³-hybridized carbons (Fsp3) is 0.273. The van der Waals surface area contributed by atoms with Crippen LogP contribution in [0, 0.1) is 0 Å². The highest BCUT2D eigenvalue weighted by Crippen LogP contribution is 2.20. The second kappa shape index (κ2) is 5.65. The SMILES string of the molecule is CCCC(=O)Nc1ccc(Br)cc1C(=O)[O-]. The minimum absolute atomic E-state index is 0.0289. The lowest BCUT2D eigenvalue weighted by Gasteiger charge is -2.11. The van der Waals surface area contributed by atoms with Gasteiger partial charge in [0.15, 0.2) is 0 Å². The summed E-state index contributed by atoms with van der Waals surface area (Å²) in [6.45, 7) is 1.88. The lowest BCUT2D eigenvalue weighted by atomic mass is 10.1. The Labute approximate surface area is 102 Å². The molecule has 0 atom stereocenters. The molecule has 0 aromatic heterocycles. The maximum atomic E-state index is 11.3. The maximum Gasteiger partial charge on any atom is 0.224 e. The fourth-order valence-corrected chi connectivity index (χ4v) is 1.60. The van der Waals surface area contributed by atoms with Crippen molar-refractivity contribution < 1.29 is 14.7 Å². The van der Waals surface area contributed by atoms with E-state index in [2.05, 4.69) is 21.2 Å². The third-order valence-electron chi connectivity index (χ3n) is 1.95. The van der Waals surface area contributed by atoms with Gasteiger partial charge in [-0.25, -0.2) is 0 Å². The van der Waals surface area contributed by atoms with E-state index in [-0.39, 0.29) is 17.2 Å². The quantitative estimate of drug-likeness (QED) is 0.912. The third-order valence-corrected chi connectivity index (χ3v) is 2.45. The van der Waals surface area contributed by atoms with Crippen LogP contribution in [0.5, 0.6) is 0 Å². The summed E-state index contributed by atoms with van der Waals surface area (Å²) in [6, 6.07) is 4.59. The van der Waals surface area contributed by atoms with Crippen molar-refractivity contribution >= 4 is 33.5 Å². The van der Waals surface area contributed by atoms with E-state index in [4.69, 9.17) is 0 Å². The van der Waals surface area contributed by atoms with E-state index >= 15 is 0 Å². The van der Waals surface area contributed by atoms with Gasteiger partial charge in [-0.2, -0.15) is 0 Å². The van der Waals surface area contributed by atoms with Crippen LogP contribution < -0.4 is 10.4 Å². The molecule has 0 aliphatic heterocycles. The number of carbonyl (C=O) groups excluding carboxylic acids is 2. The molecule has 1 N–H and O–H groups in total. The van der Waals surface area contributed by atoms with Crippen molar-refractivity contribution in [3.05, 3.63) is 28.2 Å².